The van der Waals surface area contributed by atoms with Crippen LogP contribution in [-0.2, 0) is 11.3 Å². The fraction of sp³-hybridized carbons (Fsp3) is 0.400. The molecule has 2 N–H and O–H groups in total. The van der Waals surface area contributed by atoms with E-state index in [1.807, 2.05) is 0 Å². The highest BCUT2D eigenvalue weighted by Gasteiger charge is 2.02. The number of carbonyl (C=O) groups is 1. The number of hydrogen-bond donors (Lipinski definition) is 2. The molecule has 82 valence electrons. The average Bonchev–Trinajstić information content (AvgIpc) is 2.20. The Morgan fingerprint density at radius 1 is 1.53 bits per heavy atom. The standard InChI is InChI=1S/C10H15N3O2/c1-13(2)10(15)7-11-5-8-3-4-9(14)6-12-8/h3-4,6,11,14H,5,7H2,1-2H3. The minimum Gasteiger partial charge on any atom is -0.506 e. The molecule has 0 aliphatic heterocycles. The molecule has 1 rings (SSSR count). The van der Waals surface area contributed by atoms with Crippen molar-refractivity contribution in [3.8, 4) is 5.75 Å². The smallest absolute Gasteiger partial charge is 0.236 e. The molecule has 0 saturated heterocycles. The Morgan fingerprint density at radius 3 is 2.80 bits per heavy atom. The second-order valence-electron chi connectivity index (χ2n) is 3.40. The summed E-state index contributed by atoms with van der Waals surface area (Å²) in [7, 11) is 3.42. The monoisotopic (exact) mass is 209 g/mol. The van der Waals surface area contributed by atoms with Gasteiger partial charge >= 0.3 is 0 Å². The van der Waals surface area contributed by atoms with E-state index in [9.17, 15) is 4.79 Å². The summed E-state index contributed by atoms with van der Waals surface area (Å²) in [5.41, 5.74) is 0.791. The summed E-state index contributed by atoms with van der Waals surface area (Å²) in [4.78, 5) is 16.7. The third-order valence-corrected chi connectivity index (χ3v) is 1.89. The number of carbonyl (C=O) groups excluding carboxylic acids is 1. The molecular formula is C10H15N3O2. The van der Waals surface area contributed by atoms with E-state index in [-0.39, 0.29) is 18.2 Å². The van der Waals surface area contributed by atoms with Crippen molar-refractivity contribution in [3.05, 3.63) is 24.0 Å². The third-order valence-electron chi connectivity index (χ3n) is 1.89. The molecule has 0 radical (unpaired) electrons. The molecule has 0 bridgehead atoms. The summed E-state index contributed by atoms with van der Waals surface area (Å²) < 4.78 is 0. The zero-order valence-electron chi connectivity index (χ0n) is 8.90. The Hall–Kier alpha value is -1.62. The lowest BCUT2D eigenvalue weighted by Crippen LogP contribution is -2.32. The number of aromatic hydroxyl groups is 1. The van der Waals surface area contributed by atoms with Crippen LogP contribution in [0.5, 0.6) is 5.75 Å². The van der Waals surface area contributed by atoms with Crippen molar-refractivity contribution in [3.63, 3.8) is 0 Å². The minimum absolute atomic E-state index is 0.0220. The Balaban J connectivity index is 2.32. The Kier molecular flexibility index (Phi) is 4.05. The van der Waals surface area contributed by atoms with Crippen LogP contribution < -0.4 is 5.32 Å². The van der Waals surface area contributed by atoms with E-state index in [1.54, 1.807) is 26.2 Å². The molecule has 0 atom stereocenters. The molecule has 0 saturated carbocycles. The van der Waals surface area contributed by atoms with Crippen LogP contribution in [0.15, 0.2) is 18.3 Å². The molecule has 0 fully saturated rings. The highest BCUT2D eigenvalue weighted by atomic mass is 16.3. The van der Waals surface area contributed by atoms with Gasteiger partial charge in [-0.25, -0.2) is 0 Å². The van der Waals surface area contributed by atoms with Crippen LogP contribution in [0.2, 0.25) is 0 Å². The molecule has 0 spiro atoms. The molecule has 0 aliphatic rings. The summed E-state index contributed by atoms with van der Waals surface area (Å²) in [5, 5.41) is 12.0. The number of rotatable bonds is 4. The van der Waals surface area contributed by atoms with Gasteiger partial charge in [0.05, 0.1) is 18.4 Å². The lowest BCUT2D eigenvalue weighted by Gasteiger charge is -2.10. The predicted molar refractivity (Wildman–Crippen MR) is 56.3 cm³/mol. The van der Waals surface area contributed by atoms with Gasteiger partial charge in [0.2, 0.25) is 5.91 Å². The number of likely N-dealkylation sites (N-methyl/N-ethyl adjacent to an activating group) is 1. The van der Waals surface area contributed by atoms with Crippen LogP contribution in [0.1, 0.15) is 5.69 Å². The van der Waals surface area contributed by atoms with Crippen LogP contribution >= 0.6 is 0 Å². The largest absolute Gasteiger partial charge is 0.506 e. The molecule has 0 unspecified atom stereocenters. The van der Waals surface area contributed by atoms with Gasteiger partial charge in [0.25, 0.3) is 0 Å². The fourth-order valence-corrected chi connectivity index (χ4v) is 0.977. The number of aromatic nitrogens is 1. The minimum atomic E-state index is 0.0220. The van der Waals surface area contributed by atoms with Gasteiger partial charge in [-0.1, -0.05) is 0 Å². The highest BCUT2D eigenvalue weighted by Crippen LogP contribution is 2.05. The topological polar surface area (TPSA) is 65.5 Å². The van der Waals surface area contributed by atoms with Crippen molar-refractivity contribution in [1.82, 2.24) is 15.2 Å². The first kappa shape index (κ1) is 11.5. The summed E-state index contributed by atoms with van der Waals surface area (Å²) in [6.07, 6.45) is 1.38. The summed E-state index contributed by atoms with van der Waals surface area (Å²) in [5.74, 6) is 0.164. The van der Waals surface area contributed by atoms with Crippen LogP contribution in [0.3, 0.4) is 0 Å². The van der Waals surface area contributed by atoms with E-state index in [2.05, 4.69) is 10.3 Å². The van der Waals surface area contributed by atoms with Crippen LogP contribution in [0, 0.1) is 0 Å². The maximum Gasteiger partial charge on any atom is 0.236 e. The average molecular weight is 209 g/mol. The normalized spacial score (nSPS) is 10.0. The number of nitrogens with one attached hydrogen (secondary N) is 1. The maximum atomic E-state index is 11.2. The summed E-state index contributed by atoms with van der Waals surface area (Å²) in [6.45, 7) is 0.801. The van der Waals surface area contributed by atoms with E-state index in [4.69, 9.17) is 5.11 Å². The number of hydrogen-bond acceptors (Lipinski definition) is 4. The summed E-state index contributed by atoms with van der Waals surface area (Å²) >= 11 is 0. The quantitative estimate of drug-likeness (QED) is 0.730. The van der Waals surface area contributed by atoms with E-state index in [0.29, 0.717) is 6.54 Å². The Morgan fingerprint density at radius 2 is 2.27 bits per heavy atom. The van der Waals surface area contributed by atoms with Gasteiger partial charge in [0.1, 0.15) is 5.75 Å². The molecular weight excluding hydrogens is 194 g/mol. The van der Waals surface area contributed by atoms with Crippen LogP contribution in [0.4, 0.5) is 0 Å². The SMILES string of the molecule is CN(C)C(=O)CNCc1ccc(O)cn1. The molecule has 0 aromatic carbocycles. The Labute approximate surface area is 88.7 Å². The Bertz CT molecular complexity index is 322. The molecule has 1 amide bonds. The molecule has 15 heavy (non-hydrogen) atoms. The van der Waals surface area contributed by atoms with Crippen LogP contribution in [-0.4, -0.2) is 41.5 Å². The second kappa shape index (κ2) is 5.31. The number of amides is 1. The highest BCUT2D eigenvalue weighted by molar-refractivity contribution is 5.77. The van der Waals surface area contributed by atoms with E-state index < -0.39 is 0 Å². The first-order valence-corrected chi connectivity index (χ1v) is 4.64. The first-order valence-electron chi connectivity index (χ1n) is 4.64. The van der Waals surface area contributed by atoms with Gasteiger partial charge in [-0.05, 0) is 12.1 Å². The van der Waals surface area contributed by atoms with Gasteiger partial charge in [0, 0.05) is 20.6 Å². The molecule has 1 aromatic rings. The van der Waals surface area contributed by atoms with Gasteiger partial charge in [-0.15, -0.1) is 0 Å². The zero-order valence-corrected chi connectivity index (χ0v) is 8.90. The maximum absolute atomic E-state index is 11.2. The van der Waals surface area contributed by atoms with Crippen molar-refractivity contribution < 1.29 is 9.90 Å². The first-order chi connectivity index (χ1) is 7.09. The van der Waals surface area contributed by atoms with Crippen molar-refractivity contribution in [2.24, 2.45) is 0 Å². The third kappa shape index (κ3) is 3.95. The van der Waals surface area contributed by atoms with Gasteiger partial charge in [-0.2, -0.15) is 0 Å². The van der Waals surface area contributed by atoms with Crippen molar-refractivity contribution in [1.29, 1.82) is 0 Å². The molecule has 5 heteroatoms. The summed E-state index contributed by atoms with van der Waals surface area (Å²) in [6, 6.07) is 3.28. The van der Waals surface area contributed by atoms with E-state index in [0.717, 1.165) is 5.69 Å². The molecule has 5 nitrogen and oxygen atoms in total. The van der Waals surface area contributed by atoms with E-state index in [1.165, 1.54) is 11.1 Å². The van der Waals surface area contributed by atoms with Crippen molar-refractivity contribution in [2.75, 3.05) is 20.6 Å². The van der Waals surface area contributed by atoms with Crippen molar-refractivity contribution >= 4 is 5.91 Å². The van der Waals surface area contributed by atoms with Crippen LogP contribution in [0.25, 0.3) is 0 Å². The van der Waals surface area contributed by atoms with Gasteiger partial charge in [-0.3, -0.25) is 9.78 Å². The van der Waals surface area contributed by atoms with Crippen molar-refractivity contribution in [2.45, 2.75) is 6.54 Å². The fourth-order valence-electron chi connectivity index (χ4n) is 0.977. The lowest BCUT2D eigenvalue weighted by atomic mass is 10.3. The number of nitrogens with zero attached hydrogens (tertiary/aromatic N) is 2. The molecule has 1 heterocycles. The second-order valence-corrected chi connectivity index (χ2v) is 3.40. The van der Waals surface area contributed by atoms with E-state index >= 15 is 0 Å². The van der Waals surface area contributed by atoms with Gasteiger partial charge < -0.3 is 15.3 Å². The molecule has 1 aromatic heterocycles. The lowest BCUT2D eigenvalue weighted by molar-refractivity contribution is -0.127. The molecule has 0 aliphatic carbocycles. The zero-order chi connectivity index (χ0) is 11.3. The number of pyridine rings is 1. The predicted octanol–water partition coefficient (Wildman–Crippen LogP) is -0.0350. The van der Waals surface area contributed by atoms with Gasteiger partial charge in [0.15, 0.2) is 0 Å².